The number of amides is 1. The Kier molecular flexibility index (Phi) is 7.42. The Labute approximate surface area is 87.3 Å². The third-order valence-electron chi connectivity index (χ3n) is 2.26. The highest BCUT2D eigenvalue weighted by Crippen LogP contribution is 1.91. The van der Waals surface area contributed by atoms with E-state index in [1.807, 2.05) is 37.7 Å². The molecule has 0 rings (SSSR count). The largest absolute Gasteiger partial charge is 0.342 e. The Morgan fingerprint density at radius 3 is 2.29 bits per heavy atom. The first-order valence-electron chi connectivity index (χ1n) is 5.26. The second-order valence-electron chi connectivity index (χ2n) is 3.41. The van der Waals surface area contributed by atoms with Gasteiger partial charge in [-0.1, -0.05) is 0 Å². The fraction of sp³-hybridized carbons (Fsp3) is 0.900. The summed E-state index contributed by atoms with van der Waals surface area (Å²) in [5.74, 6) is 0.216. The van der Waals surface area contributed by atoms with Gasteiger partial charge in [-0.25, -0.2) is 0 Å². The van der Waals surface area contributed by atoms with Gasteiger partial charge in [0.15, 0.2) is 0 Å². The molecule has 4 nitrogen and oxygen atoms in total. The minimum absolute atomic E-state index is 0.216. The predicted octanol–water partition coefficient (Wildman–Crippen LogP) is 0.00600. The molecule has 0 aliphatic rings. The average Bonchev–Trinajstić information content (AvgIpc) is 2.16. The lowest BCUT2D eigenvalue weighted by atomic mass is 10.4. The van der Waals surface area contributed by atoms with Crippen LogP contribution in [0.4, 0.5) is 0 Å². The molecule has 0 saturated heterocycles. The molecule has 0 heterocycles. The van der Waals surface area contributed by atoms with Crippen LogP contribution < -0.4 is 5.32 Å². The van der Waals surface area contributed by atoms with Crippen molar-refractivity contribution in [1.82, 2.24) is 15.1 Å². The molecule has 84 valence electrons. The van der Waals surface area contributed by atoms with E-state index in [4.69, 9.17) is 0 Å². The molecule has 1 amide bonds. The SMILES string of the molecule is CCN(CC)C(=O)CN(C)CCNC. The van der Waals surface area contributed by atoms with Crippen LogP contribution in [0.25, 0.3) is 0 Å². The lowest BCUT2D eigenvalue weighted by Gasteiger charge is -2.22. The normalized spacial score (nSPS) is 10.6. The van der Waals surface area contributed by atoms with E-state index >= 15 is 0 Å². The van der Waals surface area contributed by atoms with Gasteiger partial charge in [-0.05, 0) is 27.9 Å². The molecule has 4 heteroatoms. The molecule has 0 atom stereocenters. The molecule has 0 aromatic carbocycles. The summed E-state index contributed by atoms with van der Waals surface area (Å²) in [7, 11) is 3.89. The quantitative estimate of drug-likeness (QED) is 0.630. The maximum absolute atomic E-state index is 11.6. The third kappa shape index (κ3) is 5.19. The molecule has 0 aliphatic heterocycles. The standard InChI is InChI=1S/C10H23N3O/c1-5-13(6-2)10(14)9-12(4)8-7-11-3/h11H,5-9H2,1-4H3. The van der Waals surface area contributed by atoms with Crippen LogP contribution in [-0.4, -0.2) is 62.5 Å². The first-order chi connectivity index (χ1) is 6.65. The number of hydrogen-bond acceptors (Lipinski definition) is 3. The molecule has 1 N–H and O–H groups in total. The van der Waals surface area contributed by atoms with Crippen molar-refractivity contribution in [3.63, 3.8) is 0 Å². The van der Waals surface area contributed by atoms with Gasteiger partial charge in [-0.2, -0.15) is 0 Å². The molecule has 0 saturated carbocycles. The van der Waals surface area contributed by atoms with Gasteiger partial charge in [0.25, 0.3) is 0 Å². The van der Waals surface area contributed by atoms with E-state index in [1.165, 1.54) is 0 Å². The maximum atomic E-state index is 11.6. The van der Waals surface area contributed by atoms with E-state index in [1.54, 1.807) is 0 Å². The maximum Gasteiger partial charge on any atom is 0.236 e. The zero-order valence-corrected chi connectivity index (χ0v) is 9.84. The number of likely N-dealkylation sites (N-methyl/N-ethyl adjacent to an activating group) is 3. The molecule has 0 radical (unpaired) electrons. The molecule has 14 heavy (non-hydrogen) atoms. The predicted molar refractivity (Wildman–Crippen MR) is 59.4 cm³/mol. The van der Waals surface area contributed by atoms with Crippen LogP contribution in [0.5, 0.6) is 0 Å². The Bertz CT molecular complexity index is 157. The van der Waals surface area contributed by atoms with Crippen molar-refractivity contribution in [2.24, 2.45) is 0 Å². The highest BCUT2D eigenvalue weighted by molar-refractivity contribution is 5.78. The Morgan fingerprint density at radius 2 is 1.86 bits per heavy atom. The first-order valence-corrected chi connectivity index (χ1v) is 5.26. The smallest absolute Gasteiger partial charge is 0.236 e. The van der Waals surface area contributed by atoms with Crippen molar-refractivity contribution < 1.29 is 4.79 Å². The van der Waals surface area contributed by atoms with E-state index in [2.05, 4.69) is 5.32 Å². The number of carbonyl (C=O) groups excluding carboxylic acids is 1. The Hall–Kier alpha value is -0.610. The Morgan fingerprint density at radius 1 is 1.29 bits per heavy atom. The van der Waals surface area contributed by atoms with Crippen LogP contribution in [0.15, 0.2) is 0 Å². The van der Waals surface area contributed by atoms with Gasteiger partial charge < -0.3 is 10.2 Å². The molecule has 0 aromatic heterocycles. The highest BCUT2D eigenvalue weighted by Gasteiger charge is 2.11. The van der Waals surface area contributed by atoms with Crippen LogP contribution in [-0.2, 0) is 4.79 Å². The van der Waals surface area contributed by atoms with Crippen LogP contribution in [0, 0.1) is 0 Å². The van der Waals surface area contributed by atoms with E-state index in [0.717, 1.165) is 26.2 Å². The van der Waals surface area contributed by atoms with Gasteiger partial charge >= 0.3 is 0 Å². The second kappa shape index (κ2) is 7.76. The number of nitrogens with zero attached hydrogens (tertiary/aromatic N) is 2. The molecule has 0 spiro atoms. The van der Waals surface area contributed by atoms with Gasteiger partial charge in [0.2, 0.25) is 5.91 Å². The summed E-state index contributed by atoms with van der Waals surface area (Å²) >= 11 is 0. The number of nitrogens with one attached hydrogen (secondary N) is 1. The van der Waals surface area contributed by atoms with Crippen LogP contribution >= 0.6 is 0 Å². The lowest BCUT2D eigenvalue weighted by Crippen LogP contribution is -2.40. The van der Waals surface area contributed by atoms with Crippen molar-refractivity contribution in [1.29, 1.82) is 0 Å². The fourth-order valence-electron chi connectivity index (χ4n) is 1.29. The van der Waals surface area contributed by atoms with Crippen LogP contribution in [0.2, 0.25) is 0 Å². The molecule has 0 aromatic rings. The van der Waals surface area contributed by atoms with Gasteiger partial charge in [0.05, 0.1) is 6.54 Å². The zero-order valence-electron chi connectivity index (χ0n) is 9.84. The minimum Gasteiger partial charge on any atom is -0.342 e. The zero-order chi connectivity index (χ0) is 11.0. The summed E-state index contributed by atoms with van der Waals surface area (Å²) in [5.41, 5.74) is 0. The van der Waals surface area contributed by atoms with E-state index in [0.29, 0.717) is 6.54 Å². The summed E-state index contributed by atoms with van der Waals surface area (Å²) in [6, 6.07) is 0. The van der Waals surface area contributed by atoms with Crippen LogP contribution in [0.1, 0.15) is 13.8 Å². The van der Waals surface area contributed by atoms with Crippen molar-refractivity contribution in [2.45, 2.75) is 13.8 Å². The average molecular weight is 201 g/mol. The molecular weight excluding hydrogens is 178 g/mol. The van der Waals surface area contributed by atoms with Crippen molar-refractivity contribution in [2.75, 3.05) is 46.8 Å². The molecule has 0 aliphatic carbocycles. The van der Waals surface area contributed by atoms with E-state index in [-0.39, 0.29) is 5.91 Å². The topological polar surface area (TPSA) is 35.6 Å². The number of carbonyl (C=O) groups is 1. The first kappa shape index (κ1) is 13.4. The van der Waals surface area contributed by atoms with Gasteiger partial charge in [-0.3, -0.25) is 9.69 Å². The van der Waals surface area contributed by atoms with Gasteiger partial charge in [-0.15, -0.1) is 0 Å². The monoisotopic (exact) mass is 201 g/mol. The second-order valence-corrected chi connectivity index (χ2v) is 3.41. The third-order valence-corrected chi connectivity index (χ3v) is 2.26. The summed E-state index contributed by atoms with van der Waals surface area (Å²) in [5, 5.41) is 3.06. The summed E-state index contributed by atoms with van der Waals surface area (Å²) in [4.78, 5) is 15.5. The number of hydrogen-bond donors (Lipinski definition) is 1. The van der Waals surface area contributed by atoms with Crippen molar-refractivity contribution >= 4 is 5.91 Å². The summed E-state index contributed by atoms with van der Waals surface area (Å²) in [6.07, 6.45) is 0. The minimum atomic E-state index is 0.216. The van der Waals surface area contributed by atoms with E-state index < -0.39 is 0 Å². The van der Waals surface area contributed by atoms with Gasteiger partial charge in [0, 0.05) is 26.2 Å². The summed E-state index contributed by atoms with van der Waals surface area (Å²) in [6.45, 7) is 7.96. The van der Waals surface area contributed by atoms with Crippen molar-refractivity contribution in [3.05, 3.63) is 0 Å². The highest BCUT2D eigenvalue weighted by atomic mass is 16.2. The lowest BCUT2D eigenvalue weighted by molar-refractivity contribution is -0.131. The van der Waals surface area contributed by atoms with Gasteiger partial charge in [0.1, 0.15) is 0 Å². The summed E-state index contributed by atoms with van der Waals surface area (Å²) < 4.78 is 0. The van der Waals surface area contributed by atoms with E-state index in [9.17, 15) is 4.79 Å². The van der Waals surface area contributed by atoms with Crippen LogP contribution in [0.3, 0.4) is 0 Å². The Balaban J connectivity index is 3.79. The molecule has 0 unspecified atom stereocenters. The molecule has 0 bridgehead atoms. The molecular formula is C10H23N3O. The number of rotatable bonds is 7. The molecule has 0 fully saturated rings. The van der Waals surface area contributed by atoms with Crippen molar-refractivity contribution in [3.8, 4) is 0 Å². The fourth-order valence-corrected chi connectivity index (χ4v) is 1.29.